The van der Waals surface area contributed by atoms with Crippen LogP contribution in [0.2, 0.25) is 0 Å². The highest BCUT2D eigenvalue weighted by molar-refractivity contribution is 9.10. The van der Waals surface area contributed by atoms with Gasteiger partial charge in [0.1, 0.15) is 0 Å². The largest absolute Gasteiger partial charge is 0.336 e. The van der Waals surface area contributed by atoms with Crippen molar-refractivity contribution in [2.45, 2.75) is 10.9 Å². The summed E-state index contributed by atoms with van der Waals surface area (Å²) in [7, 11) is 0. The fraction of sp³-hybridized carbons (Fsp3) is 0.385. The lowest BCUT2D eigenvalue weighted by Gasteiger charge is -2.36. The number of carbonyl (C=O) groups excluding carboxylic acids is 2. The van der Waals surface area contributed by atoms with Gasteiger partial charge in [0, 0.05) is 35.5 Å². The maximum absolute atomic E-state index is 12.6. The number of benzene rings is 1. The van der Waals surface area contributed by atoms with Crippen molar-refractivity contribution in [3.05, 3.63) is 28.2 Å². The lowest BCUT2D eigenvalue weighted by atomic mass is 10.1. The molecule has 1 aromatic carbocycles. The van der Waals surface area contributed by atoms with Crippen molar-refractivity contribution in [3.8, 4) is 0 Å². The number of nitrogens with one attached hydrogen (secondary N) is 1. The fourth-order valence-corrected chi connectivity index (χ4v) is 3.26. The first-order valence-electron chi connectivity index (χ1n) is 6.38. The smallest absolute Gasteiger partial charge is 0.317 e. The molecule has 3 rings (SSSR count). The maximum Gasteiger partial charge on any atom is 0.317 e. The van der Waals surface area contributed by atoms with E-state index in [2.05, 4.69) is 33.9 Å². The number of nitrogens with zero attached hydrogens (tertiary/aromatic N) is 2. The van der Waals surface area contributed by atoms with Crippen LogP contribution in [0.25, 0.3) is 0 Å². The van der Waals surface area contributed by atoms with E-state index < -0.39 is 0 Å². The van der Waals surface area contributed by atoms with E-state index in [1.807, 2.05) is 12.1 Å². The predicted octanol–water partition coefficient (Wildman–Crippen LogP) is 1.59. The number of urea groups is 1. The average Bonchev–Trinajstić information content (AvgIpc) is 2.82. The number of carbonyl (C=O) groups is 2. The van der Waals surface area contributed by atoms with E-state index in [0.29, 0.717) is 31.7 Å². The van der Waals surface area contributed by atoms with E-state index in [0.717, 1.165) is 9.37 Å². The Morgan fingerprint density at radius 1 is 1.40 bits per heavy atom. The Balaban J connectivity index is 1.78. The SMILES string of the molecule is O=C(c1cc(S)ccc1Br)N1CCN2C(=O)NCC2C1. The van der Waals surface area contributed by atoms with Gasteiger partial charge in [-0.15, -0.1) is 12.6 Å². The zero-order valence-electron chi connectivity index (χ0n) is 10.7. The molecule has 1 N–H and O–H groups in total. The number of halogens is 1. The molecule has 0 saturated carbocycles. The van der Waals surface area contributed by atoms with Gasteiger partial charge in [0.05, 0.1) is 11.6 Å². The molecule has 106 valence electrons. The molecular formula is C13H14BrN3O2S. The van der Waals surface area contributed by atoms with E-state index in [1.165, 1.54) is 0 Å². The van der Waals surface area contributed by atoms with Crippen LogP contribution in [-0.4, -0.2) is 54.0 Å². The fourth-order valence-electron chi connectivity index (χ4n) is 2.64. The first-order chi connectivity index (χ1) is 9.56. The molecule has 3 amide bonds. The highest BCUT2D eigenvalue weighted by Gasteiger charge is 2.37. The number of hydrogen-bond acceptors (Lipinski definition) is 3. The normalized spacial score (nSPS) is 21.7. The number of rotatable bonds is 1. The summed E-state index contributed by atoms with van der Waals surface area (Å²) in [5, 5.41) is 2.81. The summed E-state index contributed by atoms with van der Waals surface area (Å²) in [6.45, 7) is 2.32. The highest BCUT2D eigenvalue weighted by Crippen LogP contribution is 2.23. The second-order valence-electron chi connectivity index (χ2n) is 4.95. The van der Waals surface area contributed by atoms with Gasteiger partial charge in [-0.05, 0) is 34.1 Å². The summed E-state index contributed by atoms with van der Waals surface area (Å²) in [6, 6.07) is 5.48. The number of thiol groups is 1. The van der Waals surface area contributed by atoms with Crippen LogP contribution < -0.4 is 5.32 Å². The molecule has 2 fully saturated rings. The zero-order chi connectivity index (χ0) is 14.3. The number of hydrogen-bond donors (Lipinski definition) is 2. The van der Waals surface area contributed by atoms with Crippen molar-refractivity contribution in [2.24, 2.45) is 0 Å². The third-order valence-corrected chi connectivity index (χ3v) is 4.67. The molecule has 2 saturated heterocycles. The van der Waals surface area contributed by atoms with Gasteiger partial charge in [-0.2, -0.15) is 0 Å². The van der Waals surface area contributed by atoms with Crippen LogP contribution in [-0.2, 0) is 0 Å². The van der Waals surface area contributed by atoms with E-state index in [4.69, 9.17) is 0 Å². The molecule has 0 radical (unpaired) electrons. The van der Waals surface area contributed by atoms with Crippen LogP contribution in [0.4, 0.5) is 4.79 Å². The molecule has 5 nitrogen and oxygen atoms in total. The Labute approximate surface area is 130 Å². The standard InChI is InChI=1S/C13H14BrN3O2S/c14-11-2-1-9(20)5-10(11)12(18)16-3-4-17-8(7-16)6-15-13(17)19/h1-2,5,8,20H,3-4,6-7H2,(H,15,19). The van der Waals surface area contributed by atoms with Gasteiger partial charge in [-0.3, -0.25) is 4.79 Å². The molecule has 2 aliphatic rings. The molecule has 0 spiro atoms. The van der Waals surface area contributed by atoms with Gasteiger partial charge in [0.15, 0.2) is 0 Å². The van der Waals surface area contributed by atoms with E-state index in [-0.39, 0.29) is 18.0 Å². The van der Waals surface area contributed by atoms with Crippen molar-refractivity contribution in [1.29, 1.82) is 0 Å². The minimum atomic E-state index is -0.0272. The van der Waals surface area contributed by atoms with Gasteiger partial charge in [0.25, 0.3) is 5.91 Å². The Bertz CT molecular complexity index is 581. The van der Waals surface area contributed by atoms with Gasteiger partial charge in [-0.1, -0.05) is 0 Å². The Morgan fingerprint density at radius 3 is 3.00 bits per heavy atom. The molecule has 0 aliphatic carbocycles. The van der Waals surface area contributed by atoms with Crippen molar-refractivity contribution < 1.29 is 9.59 Å². The topological polar surface area (TPSA) is 52.7 Å². The van der Waals surface area contributed by atoms with Crippen LogP contribution in [0.3, 0.4) is 0 Å². The van der Waals surface area contributed by atoms with E-state index >= 15 is 0 Å². The number of piperazine rings is 1. The minimum Gasteiger partial charge on any atom is -0.336 e. The van der Waals surface area contributed by atoms with Gasteiger partial charge in [-0.25, -0.2) is 4.79 Å². The van der Waals surface area contributed by atoms with Crippen LogP contribution >= 0.6 is 28.6 Å². The first kappa shape index (κ1) is 13.8. The predicted molar refractivity (Wildman–Crippen MR) is 81.2 cm³/mol. The van der Waals surface area contributed by atoms with Crippen LogP contribution in [0.1, 0.15) is 10.4 Å². The molecule has 1 aromatic rings. The third-order valence-electron chi connectivity index (χ3n) is 3.70. The van der Waals surface area contributed by atoms with E-state index in [9.17, 15) is 9.59 Å². The Hall–Kier alpha value is -1.21. The highest BCUT2D eigenvalue weighted by atomic mass is 79.9. The molecule has 7 heteroatoms. The van der Waals surface area contributed by atoms with Gasteiger partial charge >= 0.3 is 6.03 Å². The molecule has 2 heterocycles. The summed E-state index contributed by atoms with van der Waals surface area (Å²) < 4.78 is 0.767. The van der Waals surface area contributed by atoms with Crippen LogP contribution in [0.5, 0.6) is 0 Å². The summed E-state index contributed by atoms with van der Waals surface area (Å²) in [5.41, 5.74) is 0.614. The second kappa shape index (κ2) is 5.29. The lowest BCUT2D eigenvalue weighted by molar-refractivity contribution is 0.0616. The second-order valence-corrected chi connectivity index (χ2v) is 6.32. The number of amides is 3. The van der Waals surface area contributed by atoms with Crippen molar-refractivity contribution in [1.82, 2.24) is 15.1 Å². The van der Waals surface area contributed by atoms with E-state index in [1.54, 1.807) is 15.9 Å². The summed E-state index contributed by atoms with van der Waals surface area (Å²) >= 11 is 7.68. The van der Waals surface area contributed by atoms with Crippen LogP contribution in [0.15, 0.2) is 27.6 Å². The molecule has 0 bridgehead atoms. The monoisotopic (exact) mass is 355 g/mol. The molecule has 1 atom stereocenters. The average molecular weight is 356 g/mol. The Kier molecular flexibility index (Phi) is 3.64. The van der Waals surface area contributed by atoms with Crippen molar-refractivity contribution >= 4 is 40.5 Å². The maximum atomic E-state index is 12.6. The summed E-state index contributed by atoms with van der Waals surface area (Å²) in [6.07, 6.45) is 0. The first-order valence-corrected chi connectivity index (χ1v) is 7.62. The quantitative estimate of drug-likeness (QED) is 0.751. The minimum absolute atomic E-state index is 0.0215. The van der Waals surface area contributed by atoms with Gasteiger partial charge in [0.2, 0.25) is 0 Å². The summed E-state index contributed by atoms with van der Waals surface area (Å²) in [4.78, 5) is 28.5. The summed E-state index contributed by atoms with van der Waals surface area (Å²) in [5.74, 6) is -0.0215. The van der Waals surface area contributed by atoms with Crippen LogP contribution in [0, 0.1) is 0 Å². The molecular weight excluding hydrogens is 342 g/mol. The van der Waals surface area contributed by atoms with Crippen molar-refractivity contribution in [2.75, 3.05) is 26.2 Å². The third kappa shape index (κ3) is 2.40. The van der Waals surface area contributed by atoms with Crippen molar-refractivity contribution in [3.63, 3.8) is 0 Å². The molecule has 0 aromatic heterocycles. The molecule has 20 heavy (non-hydrogen) atoms. The number of fused-ring (bicyclic) bond motifs is 1. The zero-order valence-corrected chi connectivity index (χ0v) is 13.2. The van der Waals surface area contributed by atoms with Gasteiger partial charge < -0.3 is 15.1 Å². The molecule has 2 aliphatic heterocycles. The lowest BCUT2D eigenvalue weighted by Crippen LogP contribution is -2.53. The Morgan fingerprint density at radius 2 is 2.20 bits per heavy atom. The molecule has 1 unspecified atom stereocenters.